The van der Waals surface area contributed by atoms with Crippen molar-refractivity contribution in [1.29, 1.82) is 0 Å². The summed E-state index contributed by atoms with van der Waals surface area (Å²) >= 11 is 0. The van der Waals surface area contributed by atoms with Crippen molar-refractivity contribution in [2.45, 2.75) is 58.8 Å². The highest BCUT2D eigenvalue weighted by Crippen LogP contribution is 2.42. The number of hydrogen-bond acceptors (Lipinski definition) is 8. The van der Waals surface area contributed by atoms with Gasteiger partial charge in [-0.1, -0.05) is 25.7 Å². The fourth-order valence-electron chi connectivity index (χ4n) is 5.16. The first kappa shape index (κ1) is 35.0. The molecule has 13 heteroatoms. The van der Waals surface area contributed by atoms with Gasteiger partial charge in [0.15, 0.2) is 0 Å². The van der Waals surface area contributed by atoms with Gasteiger partial charge < -0.3 is 33.7 Å². The number of carbonyl (C=O) groups is 2. The topological polar surface area (TPSA) is 119 Å². The van der Waals surface area contributed by atoms with Gasteiger partial charge in [-0.2, -0.15) is 0 Å². The summed E-state index contributed by atoms with van der Waals surface area (Å²) in [7, 11) is 2.03. The van der Waals surface area contributed by atoms with Gasteiger partial charge in [0, 0.05) is 71.1 Å². The van der Waals surface area contributed by atoms with Gasteiger partial charge in [0.1, 0.15) is 35.3 Å². The SMILES string of the molecule is COc1cccc(OC)c1-c1cn(COCC[Si](C)(C)C)c2nc(NC(=O)NCCN3CCN(C(=O)OC(C)(C)C)CC3)ccc12. The number of fused-ring (bicyclic) bond motifs is 1. The Morgan fingerprint density at radius 1 is 0.978 bits per heavy atom. The molecule has 3 heterocycles. The lowest BCUT2D eigenvalue weighted by Gasteiger charge is -2.35. The molecule has 4 rings (SSSR count). The number of hydrogen-bond donors (Lipinski definition) is 2. The lowest BCUT2D eigenvalue weighted by Crippen LogP contribution is -2.51. The highest BCUT2D eigenvalue weighted by Gasteiger charge is 2.26. The molecule has 46 heavy (non-hydrogen) atoms. The molecule has 252 valence electrons. The van der Waals surface area contributed by atoms with Gasteiger partial charge in [0.25, 0.3) is 0 Å². The summed E-state index contributed by atoms with van der Waals surface area (Å²) in [5.41, 5.74) is 1.89. The molecule has 1 aliphatic heterocycles. The van der Waals surface area contributed by atoms with Crippen LogP contribution < -0.4 is 20.1 Å². The van der Waals surface area contributed by atoms with Crippen molar-refractivity contribution >= 4 is 37.0 Å². The van der Waals surface area contributed by atoms with Gasteiger partial charge in [0.2, 0.25) is 0 Å². The van der Waals surface area contributed by atoms with Crippen LogP contribution in [-0.4, -0.2) is 105 Å². The predicted octanol–water partition coefficient (Wildman–Crippen LogP) is 5.71. The fraction of sp³-hybridized carbons (Fsp3) is 0.545. The minimum absolute atomic E-state index is 0.285. The minimum atomic E-state index is -1.25. The smallest absolute Gasteiger partial charge is 0.410 e. The van der Waals surface area contributed by atoms with Crippen LogP contribution in [0, 0.1) is 0 Å². The molecule has 0 unspecified atom stereocenters. The van der Waals surface area contributed by atoms with E-state index in [2.05, 4.69) is 35.2 Å². The van der Waals surface area contributed by atoms with E-state index in [0.29, 0.717) is 62.5 Å². The molecule has 12 nitrogen and oxygen atoms in total. The zero-order chi connectivity index (χ0) is 33.5. The van der Waals surface area contributed by atoms with Crippen LogP contribution in [0.4, 0.5) is 15.4 Å². The molecular weight excluding hydrogens is 604 g/mol. The van der Waals surface area contributed by atoms with Crippen molar-refractivity contribution < 1.29 is 28.5 Å². The molecule has 2 aromatic heterocycles. The fourth-order valence-corrected chi connectivity index (χ4v) is 5.91. The van der Waals surface area contributed by atoms with Crippen molar-refractivity contribution in [1.82, 2.24) is 24.7 Å². The number of anilines is 1. The zero-order valence-electron chi connectivity index (χ0n) is 28.6. The number of methoxy groups -OCH3 is 2. The predicted molar refractivity (Wildman–Crippen MR) is 184 cm³/mol. The van der Waals surface area contributed by atoms with Crippen molar-refractivity contribution in [2.24, 2.45) is 0 Å². The third-order valence-electron chi connectivity index (χ3n) is 7.63. The third kappa shape index (κ3) is 9.60. The van der Waals surface area contributed by atoms with Crippen LogP contribution in [-0.2, 0) is 16.2 Å². The maximum atomic E-state index is 12.8. The Bertz CT molecular complexity index is 1470. The Balaban J connectivity index is 1.42. The lowest BCUT2D eigenvalue weighted by molar-refractivity contribution is 0.0147. The Hall–Kier alpha value is -3.81. The summed E-state index contributed by atoms with van der Waals surface area (Å²) in [5.74, 6) is 1.80. The van der Waals surface area contributed by atoms with E-state index in [1.807, 2.05) is 55.8 Å². The van der Waals surface area contributed by atoms with Crippen molar-refractivity contribution in [2.75, 3.05) is 65.4 Å². The molecule has 0 spiro atoms. The maximum absolute atomic E-state index is 12.8. The number of amides is 3. The zero-order valence-corrected chi connectivity index (χ0v) is 29.6. The molecule has 0 saturated carbocycles. The largest absolute Gasteiger partial charge is 0.496 e. The van der Waals surface area contributed by atoms with Crippen molar-refractivity contribution in [3.05, 3.63) is 36.5 Å². The summed E-state index contributed by atoms with van der Waals surface area (Å²) in [5, 5.41) is 6.69. The highest BCUT2D eigenvalue weighted by molar-refractivity contribution is 6.76. The average molecular weight is 655 g/mol. The Labute approximate surface area is 273 Å². The molecule has 1 aliphatic rings. The van der Waals surface area contributed by atoms with Crippen LogP contribution in [0.2, 0.25) is 25.7 Å². The van der Waals surface area contributed by atoms with E-state index in [-0.39, 0.29) is 12.1 Å². The number of benzene rings is 1. The Kier molecular flexibility index (Phi) is 11.6. The van der Waals surface area contributed by atoms with E-state index in [0.717, 1.165) is 35.6 Å². The van der Waals surface area contributed by atoms with E-state index < -0.39 is 13.7 Å². The molecular formula is C33H50N6O6Si. The number of carbonyl (C=O) groups excluding carboxylic acids is 2. The quantitative estimate of drug-likeness (QED) is 0.188. The minimum Gasteiger partial charge on any atom is -0.496 e. The summed E-state index contributed by atoms with van der Waals surface area (Å²) in [6, 6.07) is 10.2. The van der Waals surface area contributed by atoms with Gasteiger partial charge in [-0.15, -0.1) is 0 Å². The van der Waals surface area contributed by atoms with Crippen LogP contribution >= 0.6 is 0 Å². The summed E-state index contributed by atoms with van der Waals surface area (Å²) in [6.45, 7) is 17.3. The van der Waals surface area contributed by atoms with Crippen LogP contribution in [0.5, 0.6) is 11.5 Å². The summed E-state index contributed by atoms with van der Waals surface area (Å²) in [6.07, 6.45) is 1.71. The number of ether oxygens (including phenoxy) is 4. The molecule has 0 atom stereocenters. The second-order valence-electron chi connectivity index (χ2n) is 13.7. The van der Waals surface area contributed by atoms with E-state index in [9.17, 15) is 9.59 Å². The number of aromatic nitrogens is 2. The van der Waals surface area contributed by atoms with Gasteiger partial charge >= 0.3 is 12.1 Å². The molecule has 3 aromatic rings. The first-order valence-corrected chi connectivity index (χ1v) is 19.5. The molecule has 1 fully saturated rings. The van der Waals surface area contributed by atoms with E-state index >= 15 is 0 Å². The molecule has 0 bridgehead atoms. The van der Waals surface area contributed by atoms with Crippen LogP contribution in [0.15, 0.2) is 36.5 Å². The van der Waals surface area contributed by atoms with Crippen LogP contribution in [0.25, 0.3) is 22.2 Å². The van der Waals surface area contributed by atoms with Crippen molar-refractivity contribution in [3.63, 3.8) is 0 Å². The molecule has 0 radical (unpaired) electrons. The normalized spacial score (nSPS) is 14.3. The second-order valence-corrected chi connectivity index (χ2v) is 19.3. The molecule has 2 N–H and O–H groups in total. The number of nitrogens with one attached hydrogen (secondary N) is 2. The van der Waals surface area contributed by atoms with E-state index in [1.54, 1.807) is 25.2 Å². The standard InChI is InChI=1S/C33H50N6O6Si/c1-33(2,3)45-32(41)38-18-16-37(17-19-38)15-14-34-31(40)36-28-13-12-24-25(29-26(42-4)10-9-11-27(29)43-5)22-39(30(24)35-28)23-44-20-21-46(6,7)8/h9-13,22H,14-21,23H2,1-8H3,(H2,34,35,36,40). The first-order chi connectivity index (χ1) is 21.8. The van der Waals surface area contributed by atoms with Crippen LogP contribution in [0.1, 0.15) is 20.8 Å². The van der Waals surface area contributed by atoms with E-state index in [1.165, 1.54) is 0 Å². The summed E-state index contributed by atoms with van der Waals surface area (Å²) in [4.78, 5) is 33.9. The number of rotatable bonds is 12. The molecule has 0 aliphatic carbocycles. The third-order valence-corrected chi connectivity index (χ3v) is 9.33. The van der Waals surface area contributed by atoms with Crippen molar-refractivity contribution in [3.8, 4) is 22.6 Å². The average Bonchev–Trinajstić information content (AvgIpc) is 3.35. The van der Waals surface area contributed by atoms with Gasteiger partial charge in [0.05, 0.1) is 19.8 Å². The summed E-state index contributed by atoms with van der Waals surface area (Å²) < 4.78 is 24.9. The number of piperazine rings is 1. The Morgan fingerprint density at radius 3 is 2.26 bits per heavy atom. The van der Waals surface area contributed by atoms with Crippen LogP contribution in [0.3, 0.4) is 0 Å². The monoisotopic (exact) mass is 654 g/mol. The molecule has 3 amide bonds. The second kappa shape index (κ2) is 15.2. The number of nitrogens with zero attached hydrogens (tertiary/aromatic N) is 4. The molecule has 1 aromatic carbocycles. The first-order valence-electron chi connectivity index (χ1n) is 15.8. The van der Waals surface area contributed by atoms with Gasteiger partial charge in [-0.3, -0.25) is 10.2 Å². The van der Waals surface area contributed by atoms with E-state index in [4.69, 9.17) is 23.9 Å². The maximum Gasteiger partial charge on any atom is 0.410 e. The Morgan fingerprint density at radius 2 is 1.65 bits per heavy atom. The number of pyridine rings is 1. The molecule has 1 saturated heterocycles. The van der Waals surface area contributed by atoms with Gasteiger partial charge in [-0.25, -0.2) is 14.6 Å². The van der Waals surface area contributed by atoms with Gasteiger partial charge in [-0.05, 0) is 51.1 Å². The number of urea groups is 1. The highest BCUT2D eigenvalue weighted by atomic mass is 28.3. The lowest BCUT2D eigenvalue weighted by atomic mass is 10.0.